The Labute approximate surface area is 101 Å². The molecule has 1 aliphatic heterocycles. The molecule has 17 heavy (non-hydrogen) atoms. The van der Waals surface area contributed by atoms with Gasteiger partial charge in [-0.05, 0) is 12.5 Å². The Morgan fingerprint density at radius 3 is 2.71 bits per heavy atom. The second kappa shape index (κ2) is 4.99. The van der Waals surface area contributed by atoms with Crippen molar-refractivity contribution in [1.82, 2.24) is 10.2 Å². The van der Waals surface area contributed by atoms with Gasteiger partial charge >= 0.3 is 0 Å². The van der Waals surface area contributed by atoms with E-state index < -0.39 is 6.04 Å². The lowest BCUT2D eigenvalue weighted by atomic mass is 10.2. The zero-order valence-electron chi connectivity index (χ0n) is 9.85. The average Bonchev–Trinajstić information content (AvgIpc) is 2.44. The summed E-state index contributed by atoms with van der Waals surface area (Å²) in [6.07, 6.45) is 0.378. The van der Waals surface area contributed by atoms with Crippen LogP contribution in [0.5, 0.6) is 0 Å². The molecule has 1 N–H and O–H groups in total. The number of rotatable bonds is 2. The minimum absolute atomic E-state index is 0.0142. The first-order valence-corrected chi connectivity index (χ1v) is 5.79. The third-order valence-electron chi connectivity index (χ3n) is 2.88. The summed E-state index contributed by atoms with van der Waals surface area (Å²) in [5.74, 6) is -0.0684. The number of hydrogen-bond acceptors (Lipinski definition) is 2. The van der Waals surface area contributed by atoms with Gasteiger partial charge < -0.3 is 10.2 Å². The highest BCUT2D eigenvalue weighted by molar-refractivity contribution is 5.89. The zero-order chi connectivity index (χ0) is 12.3. The Hall–Kier alpha value is -1.84. The summed E-state index contributed by atoms with van der Waals surface area (Å²) in [6.45, 7) is 2.78. The molecule has 4 heteroatoms. The van der Waals surface area contributed by atoms with Crippen molar-refractivity contribution in [2.75, 3.05) is 6.54 Å². The van der Waals surface area contributed by atoms with E-state index in [2.05, 4.69) is 5.32 Å². The highest BCUT2D eigenvalue weighted by Crippen LogP contribution is 2.09. The quantitative estimate of drug-likeness (QED) is 0.824. The number of carbonyl (C=O) groups is 2. The summed E-state index contributed by atoms with van der Waals surface area (Å²) in [7, 11) is 0. The molecule has 0 radical (unpaired) electrons. The van der Waals surface area contributed by atoms with Crippen LogP contribution in [0.2, 0.25) is 0 Å². The maximum Gasteiger partial charge on any atom is 0.245 e. The van der Waals surface area contributed by atoms with Gasteiger partial charge in [-0.2, -0.15) is 0 Å². The largest absolute Gasteiger partial charge is 0.345 e. The lowest BCUT2D eigenvalue weighted by Crippen LogP contribution is -2.42. The van der Waals surface area contributed by atoms with Gasteiger partial charge in [0.1, 0.15) is 6.04 Å². The van der Waals surface area contributed by atoms with Crippen LogP contribution in [0, 0.1) is 0 Å². The number of benzene rings is 1. The molecule has 0 bridgehead atoms. The van der Waals surface area contributed by atoms with Crippen molar-refractivity contribution in [2.24, 2.45) is 0 Å². The topological polar surface area (TPSA) is 49.4 Å². The smallest absolute Gasteiger partial charge is 0.245 e. The zero-order valence-corrected chi connectivity index (χ0v) is 9.85. The Balaban J connectivity index is 2.09. The minimum Gasteiger partial charge on any atom is -0.345 e. The maximum absolute atomic E-state index is 12.0. The molecule has 1 fully saturated rings. The van der Waals surface area contributed by atoms with Gasteiger partial charge in [0, 0.05) is 19.5 Å². The van der Waals surface area contributed by atoms with Crippen molar-refractivity contribution in [1.29, 1.82) is 0 Å². The molecule has 0 aliphatic carbocycles. The predicted molar refractivity (Wildman–Crippen MR) is 64.1 cm³/mol. The lowest BCUT2D eigenvalue weighted by Gasteiger charge is -2.22. The monoisotopic (exact) mass is 232 g/mol. The van der Waals surface area contributed by atoms with E-state index in [9.17, 15) is 9.59 Å². The van der Waals surface area contributed by atoms with Crippen molar-refractivity contribution in [2.45, 2.75) is 25.9 Å². The predicted octanol–water partition coefficient (Wildman–Crippen LogP) is 0.924. The van der Waals surface area contributed by atoms with Gasteiger partial charge in [-0.25, -0.2) is 0 Å². The molecule has 0 aromatic heterocycles. The standard InChI is InChI=1S/C13H16N2O2/c1-10-13(17)15(8-7-12(16)14-10)9-11-5-3-2-4-6-11/h2-6,10H,7-9H2,1H3,(H,14,16)/t10-/m0/s1. The molecule has 0 saturated carbocycles. The van der Waals surface area contributed by atoms with Crippen LogP contribution in [0.1, 0.15) is 18.9 Å². The second-order valence-corrected chi connectivity index (χ2v) is 4.28. The highest BCUT2D eigenvalue weighted by atomic mass is 16.2. The fourth-order valence-electron chi connectivity index (χ4n) is 1.96. The van der Waals surface area contributed by atoms with E-state index in [1.165, 1.54) is 0 Å². The highest BCUT2D eigenvalue weighted by Gasteiger charge is 2.26. The molecule has 1 saturated heterocycles. The summed E-state index contributed by atoms with van der Waals surface area (Å²) in [6, 6.07) is 9.39. The summed E-state index contributed by atoms with van der Waals surface area (Å²) in [5.41, 5.74) is 1.09. The van der Waals surface area contributed by atoms with Gasteiger partial charge in [-0.3, -0.25) is 9.59 Å². The Morgan fingerprint density at radius 1 is 1.29 bits per heavy atom. The van der Waals surface area contributed by atoms with Crippen molar-refractivity contribution in [3.05, 3.63) is 35.9 Å². The van der Waals surface area contributed by atoms with Crippen LogP contribution in [-0.2, 0) is 16.1 Å². The molecule has 90 valence electrons. The van der Waals surface area contributed by atoms with Crippen LogP contribution in [0.4, 0.5) is 0 Å². The number of nitrogens with zero attached hydrogens (tertiary/aromatic N) is 1. The first-order chi connectivity index (χ1) is 8.16. The molecule has 1 aromatic rings. The molecule has 2 rings (SSSR count). The van der Waals surface area contributed by atoms with Crippen LogP contribution >= 0.6 is 0 Å². The van der Waals surface area contributed by atoms with E-state index in [1.807, 2.05) is 30.3 Å². The lowest BCUT2D eigenvalue weighted by molar-refractivity contribution is -0.133. The summed E-state index contributed by atoms with van der Waals surface area (Å²) < 4.78 is 0. The van der Waals surface area contributed by atoms with Crippen molar-refractivity contribution in [3.63, 3.8) is 0 Å². The van der Waals surface area contributed by atoms with Crippen LogP contribution in [0.25, 0.3) is 0 Å². The Kier molecular flexibility index (Phi) is 3.42. The molecular formula is C13H16N2O2. The molecule has 0 unspecified atom stereocenters. The molecular weight excluding hydrogens is 216 g/mol. The Bertz CT molecular complexity index is 417. The normalized spacial score (nSPS) is 21.0. The van der Waals surface area contributed by atoms with Gasteiger partial charge in [-0.1, -0.05) is 30.3 Å². The van der Waals surface area contributed by atoms with Crippen molar-refractivity contribution >= 4 is 11.8 Å². The number of carbonyl (C=O) groups excluding carboxylic acids is 2. The molecule has 2 amide bonds. The van der Waals surface area contributed by atoms with E-state index in [4.69, 9.17) is 0 Å². The third kappa shape index (κ3) is 2.84. The van der Waals surface area contributed by atoms with Gasteiger partial charge in [0.25, 0.3) is 0 Å². The van der Waals surface area contributed by atoms with E-state index in [0.29, 0.717) is 19.5 Å². The fraction of sp³-hybridized carbons (Fsp3) is 0.385. The first kappa shape index (κ1) is 11.6. The van der Waals surface area contributed by atoms with Crippen molar-refractivity contribution < 1.29 is 9.59 Å². The second-order valence-electron chi connectivity index (χ2n) is 4.28. The van der Waals surface area contributed by atoms with E-state index >= 15 is 0 Å². The maximum atomic E-state index is 12.0. The number of amides is 2. The average molecular weight is 232 g/mol. The van der Waals surface area contributed by atoms with Gasteiger partial charge in [0.2, 0.25) is 11.8 Å². The van der Waals surface area contributed by atoms with Crippen LogP contribution in [0.15, 0.2) is 30.3 Å². The molecule has 1 aliphatic rings. The summed E-state index contributed by atoms with van der Waals surface area (Å²) in [5, 5.41) is 2.68. The molecule has 1 heterocycles. The first-order valence-electron chi connectivity index (χ1n) is 5.79. The van der Waals surface area contributed by atoms with Crippen LogP contribution < -0.4 is 5.32 Å². The molecule has 0 spiro atoms. The minimum atomic E-state index is -0.422. The fourth-order valence-corrected chi connectivity index (χ4v) is 1.96. The number of hydrogen-bond donors (Lipinski definition) is 1. The molecule has 1 aromatic carbocycles. The van der Waals surface area contributed by atoms with Crippen molar-refractivity contribution in [3.8, 4) is 0 Å². The van der Waals surface area contributed by atoms with Gasteiger partial charge in [0.05, 0.1) is 0 Å². The number of nitrogens with one attached hydrogen (secondary N) is 1. The van der Waals surface area contributed by atoms with Gasteiger partial charge in [-0.15, -0.1) is 0 Å². The van der Waals surface area contributed by atoms with Gasteiger partial charge in [0.15, 0.2) is 0 Å². The molecule has 4 nitrogen and oxygen atoms in total. The molecule has 1 atom stereocenters. The SMILES string of the molecule is C[C@@H]1NC(=O)CCN(Cc2ccccc2)C1=O. The van der Waals surface area contributed by atoms with E-state index in [0.717, 1.165) is 5.56 Å². The van der Waals surface area contributed by atoms with E-state index in [-0.39, 0.29) is 11.8 Å². The summed E-state index contributed by atoms with van der Waals surface area (Å²) >= 11 is 0. The third-order valence-corrected chi connectivity index (χ3v) is 2.88. The van der Waals surface area contributed by atoms with Crippen LogP contribution in [0.3, 0.4) is 0 Å². The van der Waals surface area contributed by atoms with E-state index in [1.54, 1.807) is 11.8 Å². The van der Waals surface area contributed by atoms with Crippen LogP contribution in [-0.4, -0.2) is 29.3 Å². The summed E-state index contributed by atoms with van der Waals surface area (Å²) in [4.78, 5) is 25.1. The Morgan fingerprint density at radius 2 is 2.00 bits per heavy atom.